The van der Waals surface area contributed by atoms with Crippen molar-refractivity contribution in [3.63, 3.8) is 0 Å². The van der Waals surface area contributed by atoms with E-state index in [1.165, 1.54) is 0 Å². The van der Waals surface area contributed by atoms with Crippen molar-refractivity contribution in [3.8, 4) is 0 Å². The van der Waals surface area contributed by atoms with E-state index < -0.39 is 15.2 Å². The van der Waals surface area contributed by atoms with Crippen LogP contribution in [0.4, 0.5) is 5.69 Å². The minimum atomic E-state index is -3.42. The van der Waals surface area contributed by atoms with E-state index in [0.717, 1.165) is 38.4 Å². The molecule has 0 unspecified atom stereocenters. The van der Waals surface area contributed by atoms with Crippen LogP contribution in [0, 0.1) is 0 Å². The van der Waals surface area contributed by atoms with Gasteiger partial charge in [0.05, 0.1) is 13.2 Å². The lowest BCUT2D eigenvalue weighted by Crippen LogP contribution is -2.35. The summed E-state index contributed by atoms with van der Waals surface area (Å²) >= 11 is 5.33. The van der Waals surface area contributed by atoms with E-state index in [0.29, 0.717) is 5.69 Å². The lowest BCUT2D eigenvalue weighted by molar-refractivity contribution is 0.0342. The molecule has 1 aliphatic rings. The molecule has 1 N–H and O–H groups in total. The van der Waals surface area contributed by atoms with Gasteiger partial charge in [-0.1, -0.05) is 12.1 Å². The molecule has 0 spiro atoms. The molecule has 106 valence electrons. The van der Waals surface area contributed by atoms with Crippen molar-refractivity contribution in [2.45, 2.75) is 6.54 Å². The van der Waals surface area contributed by atoms with Crippen LogP contribution in [-0.2, 0) is 21.3 Å². The summed E-state index contributed by atoms with van der Waals surface area (Å²) < 4.78 is 30.3. The molecule has 0 saturated carbocycles. The predicted octanol–water partition coefficient (Wildman–Crippen LogP) is 1.46. The first-order valence-corrected chi connectivity index (χ1v) is 8.23. The number of alkyl halides is 1. The first-order chi connectivity index (χ1) is 9.09. The second-order valence-electron chi connectivity index (χ2n) is 4.41. The summed E-state index contributed by atoms with van der Waals surface area (Å²) in [6.07, 6.45) is 0. The molecule has 0 amide bonds. The van der Waals surface area contributed by atoms with E-state index in [2.05, 4.69) is 9.62 Å². The summed E-state index contributed by atoms with van der Waals surface area (Å²) in [5.41, 5.74) is 1.68. The summed E-state index contributed by atoms with van der Waals surface area (Å²) in [6, 6.07) is 7.34. The molecule has 0 aromatic heterocycles. The van der Waals surface area contributed by atoms with Crippen LogP contribution in [0.1, 0.15) is 5.56 Å². The van der Waals surface area contributed by atoms with Crippen molar-refractivity contribution in [1.82, 2.24) is 4.90 Å². The van der Waals surface area contributed by atoms with E-state index in [1.54, 1.807) is 12.1 Å². The average Bonchev–Trinajstić information content (AvgIpc) is 2.42. The number of sulfonamides is 1. The number of anilines is 1. The number of nitrogens with one attached hydrogen (secondary N) is 1. The van der Waals surface area contributed by atoms with Crippen LogP contribution in [0.15, 0.2) is 24.3 Å². The highest BCUT2D eigenvalue weighted by molar-refractivity contribution is 7.93. The molecule has 1 aromatic carbocycles. The summed E-state index contributed by atoms with van der Waals surface area (Å²) in [5, 5.41) is -0.442. The van der Waals surface area contributed by atoms with Crippen molar-refractivity contribution in [1.29, 1.82) is 0 Å². The van der Waals surface area contributed by atoms with E-state index >= 15 is 0 Å². The fourth-order valence-electron chi connectivity index (χ4n) is 1.90. The van der Waals surface area contributed by atoms with E-state index in [-0.39, 0.29) is 0 Å². The number of ether oxygens (including phenoxy) is 1. The number of nitrogens with zero attached hydrogens (tertiary/aromatic N) is 1. The van der Waals surface area contributed by atoms with E-state index in [9.17, 15) is 8.42 Å². The Bertz CT molecular complexity index is 498. The summed E-state index contributed by atoms with van der Waals surface area (Å²) in [4.78, 5) is 2.31. The van der Waals surface area contributed by atoms with Gasteiger partial charge in [0.15, 0.2) is 0 Å². The average molecular weight is 305 g/mol. The molecule has 2 rings (SSSR count). The zero-order valence-corrected chi connectivity index (χ0v) is 12.1. The summed E-state index contributed by atoms with van der Waals surface area (Å²) in [6.45, 7) is 4.26. The molecule has 1 fully saturated rings. The smallest absolute Gasteiger partial charge is 0.246 e. The summed E-state index contributed by atoms with van der Waals surface area (Å²) in [5.74, 6) is 0. The molecule has 0 atom stereocenters. The molecule has 5 nitrogen and oxygen atoms in total. The molecule has 7 heteroatoms. The van der Waals surface area contributed by atoms with Crippen LogP contribution in [0.3, 0.4) is 0 Å². The maximum absolute atomic E-state index is 11.3. The number of hydrogen-bond donors (Lipinski definition) is 1. The molecule has 0 bridgehead atoms. The number of hydrogen-bond acceptors (Lipinski definition) is 4. The standard InChI is InChI=1S/C12H17ClN2O3S/c13-10-19(16,17)14-12-3-1-11(2-4-12)9-15-5-7-18-8-6-15/h1-4,14H,5-10H2. The molecule has 0 radical (unpaired) electrons. The monoisotopic (exact) mass is 304 g/mol. The number of rotatable bonds is 5. The Morgan fingerprint density at radius 2 is 1.84 bits per heavy atom. The van der Waals surface area contributed by atoms with Crippen LogP contribution >= 0.6 is 11.6 Å². The Morgan fingerprint density at radius 1 is 1.21 bits per heavy atom. The van der Waals surface area contributed by atoms with Crippen LogP contribution in [0.5, 0.6) is 0 Å². The fraction of sp³-hybridized carbons (Fsp3) is 0.500. The fourth-order valence-corrected chi connectivity index (χ4v) is 2.62. The van der Waals surface area contributed by atoms with Crippen LogP contribution < -0.4 is 4.72 Å². The third kappa shape index (κ3) is 4.65. The van der Waals surface area contributed by atoms with E-state index in [1.807, 2.05) is 12.1 Å². The Balaban J connectivity index is 1.94. The highest BCUT2D eigenvalue weighted by Crippen LogP contribution is 2.14. The molecule has 1 aliphatic heterocycles. The quantitative estimate of drug-likeness (QED) is 0.837. The number of morpholine rings is 1. The summed E-state index contributed by atoms with van der Waals surface area (Å²) in [7, 11) is -3.42. The second kappa shape index (κ2) is 6.56. The molecule has 0 aliphatic carbocycles. The van der Waals surface area contributed by atoms with Gasteiger partial charge in [-0.25, -0.2) is 8.42 Å². The predicted molar refractivity (Wildman–Crippen MR) is 75.8 cm³/mol. The van der Waals surface area contributed by atoms with Gasteiger partial charge in [-0.15, -0.1) is 11.6 Å². The Kier molecular flexibility index (Phi) is 5.04. The third-order valence-electron chi connectivity index (χ3n) is 2.88. The highest BCUT2D eigenvalue weighted by Gasteiger charge is 2.11. The lowest BCUT2D eigenvalue weighted by Gasteiger charge is -2.26. The molecular weight excluding hydrogens is 288 g/mol. The SMILES string of the molecule is O=S(=O)(CCl)Nc1ccc(CN2CCOCC2)cc1. The third-order valence-corrected chi connectivity index (χ3v) is 4.58. The van der Waals surface area contributed by atoms with E-state index in [4.69, 9.17) is 16.3 Å². The lowest BCUT2D eigenvalue weighted by atomic mass is 10.2. The van der Waals surface area contributed by atoms with Crippen molar-refractivity contribution in [2.75, 3.05) is 36.2 Å². The largest absolute Gasteiger partial charge is 0.379 e. The molecule has 1 heterocycles. The molecular formula is C12H17ClN2O3S. The van der Waals surface area contributed by atoms with Gasteiger partial charge in [0, 0.05) is 25.3 Å². The minimum absolute atomic E-state index is 0.442. The van der Waals surface area contributed by atoms with Gasteiger partial charge in [0.2, 0.25) is 10.0 Å². The van der Waals surface area contributed by atoms with Crippen LogP contribution in [0.2, 0.25) is 0 Å². The Morgan fingerprint density at radius 3 is 2.42 bits per heavy atom. The van der Waals surface area contributed by atoms with Crippen LogP contribution in [0.25, 0.3) is 0 Å². The minimum Gasteiger partial charge on any atom is -0.379 e. The second-order valence-corrected chi connectivity index (χ2v) is 6.72. The van der Waals surface area contributed by atoms with Crippen LogP contribution in [-0.4, -0.2) is 44.8 Å². The van der Waals surface area contributed by atoms with Gasteiger partial charge in [0.25, 0.3) is 0 Å². The first-order valence-electron chi connectivity index (χ1n) is 6.04. The number of benzene rings is 1. The van der Waals surface area contributed by atoms with Gasteiger partial charge in [0.1, 0.15) is 5.21 Å². The maximum Gasteiger partial charge on any atom is 0.246 e. The molecule has 1 saturated heterocycles. The first kappa shape index (κ1) is 14.6. The van der Waals surface area contributed by atoms with Crippen molar-refractivity contribution in [2.24, 2.45) is 0 Å². The number of halogens is 1. The topological polar surface area (TPSA) is 58.6 Å². The van der Waals surface area contributed by atoms with Gasteiger partial charge < -0.3 is 4.74 Å². The van der Waals surface area contributed by atoms with Crippen molar-refractivity contribution >= 4 is 27.3 Å². The normalized spacial score (nSPS) is 17.3. The zero-order valence-electron chi connectivity index (χ0n) is 10.5. The molecule has 1 aromatic rings. The van der Waals surface area contributed by atoms with Gasteiger partial charge in [-0.2, -0.15) is 0 Å². The highest BCUT2D eigenvalue weighted by atomic mass is 35.5. The maximum atomic E-state index is 11.3. The van der Waals surface area contributed by atoms with Crippen molar-refractivity contribution < 1.29 is 13.2 Å². The Labute approximate surface area is 118 Å². The van der Waals surface area contributed by atoms with Gasteiger partial charge in [-0.05, 0) is 17.7 Å². The Hall–Kier alpha value is -0.820. The van der Waals surface area contributed by atoms with Gasteiger partial charge >= 0.3 is 0 Å². The zero-order chi connectivity index (χ0) is 13.7. The molecule has 19 heavy (non-hydrogen) atoms. The van der Waals surface area contributed by atoms with Gasteiger partial charge in [-0.3, -0.25) is 9.62 Å². The van der Waals surface area contributed by atoms with Crippen molar-refractivity contribution in [3.05, 3.63) is 29.8 Å².